The minimum Gasteiger partial charge on any atom is -0.391 e. The molecular formula is C48H93NO5S. The van der Waals surface area contributed by atoms with Crippen molar-refractivity contribution >= 4 is 16.0 Å². The van der Waals surface area contributed by atoms with Crippen LogP contribution in [0.1, 0.15) is 258 Å². The van der Waals surface area contributed by atoms with Gasteiger partial charge >= 0.3 is 0 Å². The van der Waals surface area contributed by atoms with Crippen LogP contribution in [0.25, 0.3) is 0 Å². The summed E-state index contributed by atoms with van der Waals surface area (Å²) < 4.78 is 32.7. The molecule has 3 N–H and O–H groups in total. The van der Waals surface area contributed by atoms with E-state index in [0.29, 0.717) is 12.8 Å². The zero-order chi connectivity index (χ0) is 40.3. The first-order valence-corrected chi connectivity index (χ1v) is 25.6. The molecule has 0 spiro atoms. The van der Waals surface area contributed by atoms with E-state index in [1.165, 1.54) is 186 Å². The lowest BCUT2D eigenvalue weighted by Crippen LogP contribution is -2.47. The second kappa shape index (κ2) is 42.4. The van der Waals surface area contributed by atoms with Crippen LogP contribution in [-0.2, 0) is 14.9 Å². The Morgan fingerprint density at radius 1 is 0.491 bits per heavy atom. The Morgan fingerprint density at radius 2 is 0.818 bits per heavy atom. The number of hydrogen-bond acceptors (Lipinski definition) is 4. The molecule has 326 valence electrons. The monoisotopic (exact) mass is 796 g/mol. The summed E-state index contributed by atoms with van der Waals surface area (Å²) in [5.41, 5.74) is 0. The standard InChI is InChI=1S/C48H93NO5S/c1-3-5-7-9-11-13-15-17-19-21-23-24-26-28-30-32-34-36-38-40-42-44-48(51)49-46(45-55(52,53)54)47(50)43-41-39-37-35-33-31-29-27-25-22-20-18-16-14-12-10-8-6-4-2/h15,17,21,23,46-47,50H,3-14,16,18-20,22,24-45H2,1-2H3,(H,49,51)(H,52,53,54)/b17-15-,23-21-. The topological polar surface area (TPSA) is 104 Å². The third-order valence-corrected chi connectivity index (χ3v) is 11.9. The Kier molecular flexibility index (Phi) is 41.5. The van der Waals surface area contributed by atoms with E-state index in [1.54, 1.807) is 0 Å². The number of allylic oxidation sites excluding steroid dienone is 4. The number of aliphatic hydroxyl groups excluding tert-OH is 1. The van der Waals surface area contributed by atoms with Gasteiger partial charge in [-0.05, 0) is 44.9 Å². The fourth-order valence-electron chi connectivity index (χ4n) is 7.55. The molecule has 0 rings (SSSR count). The van der Waals surface area contributed by atoms with E-state index in [9.17, 15) is 22.9 Å². The van der Waals surface area contributed by atoms with Crippen molar-refractivity contribution in [2.24, 2.45) is 0 Å². The van der Waals surface area contributed by atoms with Crippen LogP contribution in [0, 0.1) is 0 Å². The number of amides is 1. The molecule has 0 bridgehead atoms. The molecule has 0 aromatic rings. The van der Waals surface area contributed by atoms with Gasteiger partial charge in [-0.25, -0.2) is 0 Å². The summed E-state index contributed by atoms with van der Waals surface area (Å²) >= 11 is 0. The van der Waals surface area contributed by atoms with Gasteiger partial charge in [-0.15, -0.1) is 0 Å². The van der Waals surface area contributed by atoms with Gasteiger partial charge in [0.05, 0.1) is 17.9 Å². The van der Waals surface area contributed by atoms with Crippen LogP contribution in [0.4, 0.5) is 0 Å². The average molecular weight is 796 g/mol. The predicted octanol–water partition coefficient (Wildman–Crippen LogP) is 14.7. The highest BCUT2D eigenvalue weighted by Crippen LogP contribution is 2.17. The van der Waals surface area contributed by atoms with E-state index < -0.39 is 28.0 Å². The van der Waals surface area contributed by atoms with Gasteiger partial charge in [0.2, 0.25) is 5.91 Å². The molecule has 6 nitrogen and oxygen atoms in total. The van der Waals surface area contributed by atoms with Gasteiger partial charge in [0.15, 0.2) is 0 Å². The molecule has 0 aliphatic heterocycles. The number of rotatable bonds is 44. The molecule has 0 radical (unpaired) electrons. The summed E-state index contributed by atoms with van der Waals surface area (Å²) in [6.07, 6.45) is 54.2. The summed E-state index contributed by atoms with van der Waals surface area (Å²) in [6, 6.07) is -0.972. The van der Waals surface area contributed by atoms with E-state index in [-0.39, 0.29) is 5.91 Å². The first kappa shape index (κ1) is 53.8. The van der Waals surface area contributed by atoms with Crippen molar-refractivity contribution in [1.82, 2.24) is 5.32 Å². The molecule has 7 heteroatoms. The number of carbonyl (C=O) groups excluding carboxylic acids is 1. The van der Waals surface area contributed by atoms with Crippen molar-refractivity contribution in [2.75, 3.05) is 5.75 Å². The van der Waals surface area contributed by atoms with E-state index in [2.05, 4.69) is 43.5 Å². The Morgan fingerprint density at radius 3 is 1.18 bits per heavy atom. The fraction of sp³-hybridized carbons (Fsp3) is 0.896. The highest BCUT2D eigenvalue weighted by Gasteiger charge is 2.26. The molecule has 55 heavy (non-hydrogen) atoms. The minimum atomic E-state index is -4.31. The van der Waals surface area contributed by atoms with Crippen LogP contribution < -0.4 is 5.32 Å². The SMILES string of the molecule is CCCCCCC/C=C\C/C=C\CCCCCCCCCCCC(=O)NC(CS(=O)(=O)O)C(O)CCCCCCCCCCCCCCCCCCCCC. The first-order valence-electron chi connectivity index (χ1n) is 24.0. The maximum Gasteiger partial charge on any atom is 0.266 e. The second-order valence-electron chi connectivity index (χ2n) is 16.7. The Bertz CT molecular complexity index is 965. The molecular weight excluding hydrogens is 703 g/mol. The number of aliphatic hydroxyl groups is 1. The van der Waals surface area contributed by atoms with Gasteiger partial charge in [-0.2, -0.15) is 8.42 Å². The predicted molar refractivity (Wildman–Crippen MR) is 239 cm³/mol. The summed E-state index contributed by atoms with van der Waals surface area (Å²) in [5.74, 6) is -0.893. The summed E-state index contributed by atoms with van der Waals surface area (Å²) in [4.78, 5) is 12.6. The van der Waals surface area contributed by atoms with Gasteiger partial charge in [0, 0.05) is 6.42 Å². The van der Waals surface area contributed by atoms with E-state index in [1.807, 2.05) is 0 Å². The van der Waals surface area contributed by atoms with E-state index >= 15 is 0 Å². The molecule has 0 saturated heterocycles. The highest BCUT2D eigenvalue weighted by molar-refractivity contribution is 7.85. The number of hydrogen-bond donors (Lipinski definition) is 3. The highest BCUT2D eigenvalue weighted by atomic mass is 32.2. The van der Waals surface area contributed by atoms with Crippen molar-refractivity contribution in [2.45, 2.75) is 270 Å². The summed E-state index contributed by atoms with van der Waals surface area (Å²) in [5, 5.41) is 13.4. The number of carbonyl (C=O) groups is 1. The van der Waals surface area contributed by atoms with Crippen LogP contribution >= 0.6 is 0 Å². The van der Waals surface area contributed by atoms with Gasteiger partial charge in [0.1, 0.15) is 0 Å². The van der Waals surface area contributed by atoms with Gasteiger partial charge in [0.25, 0.3) is 10.1 Å². The lowest BCUT2D eigenvalue weighted by molar-refractivity contribution is -0.122. The van der Waals surface area contributed by atoms with Crippen LogP contribution in [-0.4, -0.2) is 41.9 Å². The van der Waals surface area contributed by atoms with Crippen LogP contribution in [0.5, 0.6) is 0 Å². The van der Waals surface area contributed by atoms with Crippen molar-refractivity contribution < 1.29 is 22.9 Å². The number of nitrogens with one attached hydrogen (secondary N) is 1. The molecule has 0 aromatic carbocycles. The molecule has 1 amide bonds. The van der Waals surface area contributed by atoms with Crippen LogP contribution in [0.2, 0.25) is 0 Å². The molecule has 0 aliphatic carbocycles. The smallest absolute Gasteiger partial charge is 0.266 e. The van der Waals surface area contributed by atoms with Gasteiger partial charge in [-0.1, -0.05) is 231 Å². The third-order valence-electron chi connectivity index (χ3n) is 11.2. The van der Waals surface area contributed by atoms with Crippen molar-refractivity contribution in [3.8, 4) is 0 Å². The third kappa shape index (κ3) is 43.8. The molecule has 0 fully saturated rings. The van der Waals surface area contributed by atoms with E-state index in [0.717, 1.165) is 44.9 Å². The van der Waals surface area contributed by atoms with Crippen molar-refractivity contribution in [3.63, 3.8) is 0 Å². The Balaban J connectivity index is 3.78. The van der Waals surface area contributed by atoms with Crippen LogP contribution in [0.3, 0.4) is 0 Å². The zero-order valence-corrected chi connectivity index (χ0v) is 37.4. The Labute approximate surface area is 343 Å². The summed E-state index contributed by atoms with van der Waals surface area (Å²) in [7, 11) is -4.31. The average Bonchev–Trinajstić information content (AvgIpc) is 3.15. The fourth-order valence-corrected chi connectivity index (χ4v) is 8.30. The van der Waals surface area contributed by atoms with Crippen LogP contribution in [0.15, 0.2) is 24.3 Å². The zero-order valence-electron chi connectivity index (χ0n) is 36.6. The Hall–Kier alpha value is -1.18. The molecule has 0 aromatic heterocycles. The maximum absolute atomic E-state index is 12.6. The number of unbranched alkanes of at least 4 members (excludes halogenated alkanes) is 32. The van der Waals surface area contributed by atoms with Crippen molar-refractivity contribution in [1.29, 1.82) is 0 Å². The van der Waals surface area contributed by atoms with E-state index in [4.69, 9.17) is 0 Å². The first-order chi connectivity index (χ1) is 26.8. The van der Waals surface area contributed by atoms with Crippen molar-refractivity contribution in [3.05, 3.63) is 24.3 Å². The lowest BCUT2D eigenvalue weighted by Gasteiger charge is -2.23. The van der Waals surface area contributed by atoms with Gasteiger partial charge < -0.3 is 10.4 Å². The molecule has 0 aliphatic rings. The van der Waals surface area contributed by atoms with Gasteiger partial charge in [-0.3, -0.25) is 9.35 Å². The molecule has 0 heterocycles. The minimum absolute atomic E-state index is 0.247. The lowest BCUT2D eigenvalue weighted by atomic mass is 10.0. The second-order valence-corrected chi connectivity index (χ2v) is 18.2. The molecule has 2 atom stereocenters. The maximum atomic E-state index is 12.6. The molecule has 0 saturated carbocycles. The summed E-state index contributed by atoms with van der Waals surface area (Å²) in [6.45, 7) is 4.54. The largest absolute Gasteiger partial charge is 0.391 e. The quantitative estimate of drug-likeness (QED) is 0.0324. The molecule has 2 unspecified atom stereocenters. The normalized spacial score (nSPS) is 13.3.